The van der Waals surface area contributed by atoms with Crippen molar-refractivity contribution in [1.29, 1.82) is 0 Å². The van der Waals surface area contributed by atoms with E-state index in [0.717, 1.165) is 35.5 Å². The zero-order chi connectivity index (χ0) is 20.6. The van der Waals surface area contributed by atoms with Gasteiger partial charge in [-0.2, -0.15) is 0 Å². The number of allylic oxidation sites excluding steroid dienone is 2. The number of fused-ring (bicyclic) bond motifs is 4. The fourth-order valence-electron chi connectivity index (χ4n) is 10.4. The third-order valence-electron chi connectivity index (χ3n) is 11.8. The molecule has 5 rings (SSSR count). The molecule has 10 atom stereocenters. The van der Waals surface area contributed by atoms with E-state index in [1.54, 1.807) is 0 Å². The molecular formula is C28H46O. The molecule has 0 aliphatic heterocycles. The lowest BCUT2D eigenvalue weighted by molar-refractivity contribution is -0.161. The third-order valence-corrected chi connectivity index (χ3v) is 11.8. The van der Waals surface area contributed by atoms with E-state index in [-0.39, 0.29) is 0 Å². The summed E-state index contributed by atoms with van der Waals surface area (Å²) in [4.78, 5) is 0. The molecule has 0 heterocycles. The molecule has 0 bridgehead atoms. The molecule has 5 aliphatic carbocycles. The summed E-state index contributed by atoms with van der Waals surface area (Å²) in [7, 11) is 2.03. The molecule has 0 aromatic heterocycles. The number of hydrogen-bond acceptors (Lipinski definition) is 1. The maximum atomic E-state index is 6.29. The van der Waals surface area contributed by atoms with Gasteiger partial charge in [0.25, 0.3) is 0 Å². The molecule has 5 aliphatic rings. The van der Waals surface area contributed by atoms with Gasteiger partial charge in [0.15, 0.2) is 0 Å². The molecule has 0 aromatic rings. The van der Waals surface area contributed by atoms with E-state index >= 15 is 0 Å². The molecule has 1 spiro atoms. The maximum Gasteiger partial charge on any atom is 0.0638 e. The van der Waals surface area contributed by atoms with E-state index in [1.165, 1.54) is 69.8 Å². The monoisotopic (exact) mass is 398 g/mol. The van der Waals surface area contributed by atoms with Gasteiger partial charge in [-0.1, -0.05) is 32.4 Å². The highest BCUT2D eigenvalue weighted by Gasteiger charge is 2.77. The van der Waals surface area contributed by atoms with Crippen molar-refractivity contribution in [2.75, 3.05) is 7.11 Å². The Morgan fingerprint density at radius 3 is 2.55 bits per heavy atom. The van der Waals surface area contributed by atoms with Crippen LogP contribution in [0.5, 0.6) is 0 Å². The number of methoxy groups -OCH3 is 1. The molecule has 164 valence electrons. The summed E-state index contributed by atoms with van der Waals surface area (Å²) in [6.07, 6.45) is 17.5. The van der Waals surface area contributed by atoms with Crippen molar-refractivity contribution in [3.8, 4) is 0 Å². The standard InChI is InChI=1S/C28H46O/c1-18(2)8-7-9-19(3)22-10-11-23-21-16-25(29-6)28-17-20(28)12-15-27(28,5)24(21)13-14-26(22,23)4/h8,19-25H,7,9-17H2,1-6H3/t19-,20?,21?,22?,23?,24?,25-,26-,27-,28+/m1/s1. The largest absolute Gasteiger partial charge is 0.381 e. The summed E-state index contributed by atoms with van der Waals surface area (Å²) in [6, 6.07) is 0. The van der Waals surface area contributed by atoms with Crippen molar-refractivity contribution < 1.29 is 4.74 Å². The Bertz CT molecular complexity index is 676. The van der Waals surface area contributed by atoms with Crippen LogP contribution >= 0.6 is 0 Å². The van der Waals surface area contributed by atoms with Gasteiger partial charge in [0.05, 0.1) is 6.10 Å². The Morgan fingerprint density at radius 1 is 1.07 bits per heavy atom. The minimum Gasteiger partial charge on any atom is -0.381 e. The molecule has 0 amide bonds. The molecule has 5 fully saturated rings. The molecule has 0 radical (unpaired) electrons. The second-order valence-electron chi connectivity index (χ2n) is 12.8. The Hall–Kier alpha value is -0.300. The number of hydrogen-bond donors (Lipinski definition) is 0. The minimum atomic E-state index is 0.553. The molecular weight excluding hydrogens is 352 g/mol. The van der Waals surface area contributed by atoms with Gasteiger partial charge >= 0.3 is 0 Å². The first kappa shape index (κ1) is 20.6. The van der Waals surface area contributed by atoms with E-state index < -0.39 is 0 Å². The maximum absolute atomic E-state index is 6.29. The molecule has 5 unspecified atom stereocenters. The lowest BCUT2D eigenvalue weighted by atomic mass is 9.45. The second-order valence-corrected chi connectivity index (χ2v) is 12.8. The summed E-state index contributed by atoms with van der Waals surface area (Å²) >= 11 is 0. The Kier molecular flexibility index (Phi) is 4.86. The zero-order valence-corrected chi connectivity index (χ0v) is 20.1. The predicted octanol–water partition coefficient (Wildman–Crippen LogP) is 7.65. The van der Waals surface area contributed by atoms with Gasteiger partial charge in [0.1, 0.15) is 0 Å². The van der Waals surface area contributed by atoms with Crippen LogP contribution in [0.2, 0.25) is 0 Å². The van der Waals surface area contributed by atoms with Gasteiger partial charge in [-0.25, -0.2) is 0 Å². The van der Waals surface area contributed by atoms with E-state index in [9.17, 15) is 0 Å². The molecule has 0 N–H and O–H groups in total. The fraction of sp³-hybridized carbons (Fsp3) is 0.929. The normalized spacial score (nSPS) is 53.4. The van der Waals surface area contributed by atoms with Crippen LogP contribution in [-0.4, -0.2) is 13.2 Å². The van der Waals surface area contributed by atoms with Crippen LogP contribution in [0.4, 0.5) is 0 Å². The van der Waals surface area contributed by atoms with Gasteiger partial charge < -0.3 is 4.74 Å². The highest BCUT2D eigenvalue weighted by Crippen LogP contribution is 2.82. The van der Waals surface area contributed by atoms with Crippen LogP contribution in [-0.2, 0) is 4.74 Å². The van der Waals surface area contributed by atoms with Crippen molar-refractivity contribution >= 4 is 0 Å². The Balaban J connectivity index is 1.37. The lowest BCUT2D eigenvalue weighted by Crippen LogP contribution is -2.57. The first-order valence-corrected chi connectivity index (χ1v) is 12.9. The molecule has 5 saturated carbocycles. The first-order chi connectivity index (χ1) is 13.8. The summed E-state index contributed by atoms with van der Waals surface area (Å²) < 4.78 is 6.29. The lowest BCUT2D eigenvalue weighted by Gasteiger charge is -2.61. The fourth-order valence-corrected chi connectivity index (χ4v) is 10.4. The van der Waals surface area contributed by atoms with Crippen molar-refractivity contribution in [3.05, 3.63) is 11.6 Å². The summed E-state index contributed by atoms with van der Waals surface area (Å²) in [6.45, 7) is 12.5. The smallest absolute Gasteiger partial charge is 0.0638 e. The van der Waals surface area contributed by atoms with Crippen molar-refractivity contribution in [1.82, 2.24) is 0 Å². The van der Waals surface area contributed by atoms with E-state index in [4.69, 9.17) is 4.74 Å². The highest BCUT2D eigenvalue weighted by atomic mass is 16.5. The van der Waals surface area contributed by atoms with Gasteiger partial charge in [-0.3, -0.25) is 0 Å². The summed E-state index contributed by atoms with van der Waals surface area (Å²) in [5, 5.41) is 0. The SMILES string of the molecule is CO[C@@H]1CC2C3CCC([C@H](C)CCC=C(C)C)[C@@]3(C)CCC2[C@@]2(C)CCC3C[C@]312. The van der Waals surface area contributed by atoms with Crippen molar-refractivity contribution in [2.45, 2.75) is 105 Å². The predicted molar refractivity (Wildman–Crippen MR) is 122 cm³/mol. The first-order valence-electron chi connectivity index (χ1n) is 12.9. The van der Waals surface area contributed by atoms with E-state index in [0.29, 0.717) is 22.3 Å². The summed E-state index contributed by atoms with van der Waals surface area (Å²) in [5.41, 5.74) is 3.23. The quantitative estimate of drug-likeness (QED) is 0.432. The average Bonchev–Trinajstić information content (AvgIpc) is 3.18. The van der Waals surface area contributed by atoms with Gasteiger partial charge in [0, 0.05) is 12.5 Å². The van der Waals surface area contributed by atoms with Crippen LogP contribution in [0.1, 0.15) is 98.8 Å². The number of ether oxygens (including phenoxy) is 1. The van der Waals surface area contributed by atoms with Gasteiger partial charge in [-0.15, -0.1) is 0 Å². The Labute approximate surface area is 180 Å². The van der Waals surface area contributed by atoms with Crippen LogP contribution < -0.4 is 0 Å². The minimum absolute atomic E-state index is 0.553. The van der Waals surface area contributed by atoms with Gasteiger partial charge in [0.2, 0.25) is 0 Å². The van der Waals surface area contributed by atoms with E-state index in [2.05, 4.69) is 40.7 Å². The van der Waals surface area contributed by atoms with E-state index in [1.807, 2.05) is 7.11 Å². The van der Waals surface area contributed by atoms with Crippen LogP contribution in [0.25, 0.3) is 0 Å². The van der Waals surface area contributed by atoms with Crippen LogP contribution in [0.15, 0.2) is 11.6 Å². The topological polar surface area (TPSA) is 9.23 Å². The van der Waals surface area contributed by atoms with Crippen molar-refractivity contribution in [3.63, 3.8) is 0 Å². The Morgan fingerprint density at radius 2 is 1.86 bits per heavy atom. The molecule has 29 heavy (non-hydrogen) atoms. The molecule has 1 heteroatoms. The molecule has 0 aromatic carbocycles. The molecule has 0 saturated heterocycles. The summed E-state index contributed by atoms with van der Waals surface area (Å²) in [5.74, 6) is 5.70. The average molecular weight is 399 g/mol. The number of rotatable bonds is 5. The zero-order valence-electron chi connectivity index (χ0n) is 20.1. The molecule has 1 nitrogen and oxygen atoms in total. The van der Waals surface area contributed by atoms with Crippen LogP contribution in [0.3, 0.4) is 0 Å². The second kappa shape index (κ2) is 6.85. The van der Waals surface area contributed by atoms with Crippen LogP contribution in [0, 0.1) is 51.8 Å². The highest BCUT2D eigenvalue weighted by molar-refractivity contribution is 5.26. The van der Waals surface area contributed by atoms with Gasteiger partial charge in [-0.05, 0) is 124 Å². The van der Waals surface area contributed by atoms with Crippen molar-refractivity contribution in [2.24, 2.45) is 51.8 Å². The third kappa shape index (κ3) is 2.68.